The molecule has 1 aromatic carbocycles. The molecule has 118 valence electrons. The molecule has 7 nitrogen and oxygen atoms in total. The molecular weight excluding hydrogens is 323 g/mol. The zero-order chi connectivity index (χ0) is 16.4. The smallest absolute Gasteiger partial charge is 0.243 e. The molecule has 0 saturated carbocycles. The monoisotopic (exact) mass is 334 g/mol. The van der Waals surface area contributed by atoms with Crippen LogP contribution in [0.3, 0.4) is 0 Å². The standard InChI is InChI=1S/C14H12ClFN6O/c1-22-7-9(5-19-22)20-14-18-6-10(15)13(21-14)23-12-4-8(17)2-3-11(12)16/h2-7H,17H2,1H3,(H,18,20,21). The molecule has 0 unspecified atom stereocenters. The summed E-state index contributed by atoms with van der Waals surface area (Å²) in [6, 6.07) is 3.98. The highest BCUT2D eigenvalue weighted by Crippen LogP contribution is 2.30. The van der Waals surface area contributed by atoms with Crippen LogP contribution >= 0.6 is 11.6 Å². The highest BCUT2D eigenvalue weighted by Gasteiger charge is 2.12. The van der Waals surface area contributed by atoms with Gasteiger partial charge in [0.15, 0.2) is 11.6 Å². The number of anilines is 3. The maximum atomic E-state index is 13.7. The number of ether oxygens (including phenoxy) is 1. The van der Waals surface area contributed by atoms with Crippen LogP contribution in [-0.2, 0) is 7.05 Å². The number of halogens is 2. The number of aryl methyl sites for hydroxylation is 1. The summed E-state index contributed by atoms with van der Waals surface area (Å²) in [5.41, 5.74) is 6.67. The molecule has 0 fully saturated rings. The van der Waals surface area contributed by atoms with Crippen molar-refractivity contribution in [2.75, 3.05) is 11.1 Å². The number of aromatic nitrogens is 4. The minimum absolute atomic E-state index is 0.0116. The summed E-state index contributed by atoms with van der Waals surface area (Å²) in [5.74, 6) is -0.396. The number of rotatable bonds is 4. The lowest BCUT2D eigenvalue weighted by Crippen LogP contribution is -1.99. The van der Waals surface area contributed by atoms with E-state index in [1.165, 1.54) is 24.4 Å². The van der Waals surface area contributed by atoms with E-state index in [1.54, 1.807) is 24.1 Å². The zero-order valence-electron chi connectivity index (χ0n) is 12.0. The third-order valence-corrected chi connectivity index (χ3v) is 3.09. The molecule has 0 radical (unpaired) electrons. The van der Waals surface area contributed by atoms with E-state index in [2.05, 4.69) is 20.4 Å². The van der Waals surface area contributed by atoms with Crippen molar-refractivity contribution >= 4 is 28.9 Å². The Morgan fingerprint density at radius 2 is 2.17 bits per heavy atom. The summed E-state index contributed by atoms with van der Waals surface area (Å²) in [6.07, 6.45) is 4.71. The SMILES string of the molecule is Cn1cc(Nc2ncc(Cl)c(Oc3cc(N)ccc3F)n2)cn1. The van der Waals surface area contributed by atoms with Gasteiger partial charge in [-0.25, -0.2) is 9.37 Å². The minimum Gasteiger partial charge on any atom is -0.434 e. The van der Waals surface area contributed by atoms with Crippen LogP contribution in [0.5, 0.6) is 11.6 Å². The van der Waals surface area contributed by atoms with Crippen molar-refractivity contribution in [2.24, 2.45) is 7.05 Å². The molecule has 3 aromatic rings. The summed E-state index contributed by atoms with van der Waals surface area (Å²) in [6.45, 7) is 0. The predicted molar refractivity (Wildman–Crippen MR) is 84.4 cm³/mol. The van der Waals surface area contributed by atoms with E-state index in [0.717, 1.165) is 0 Å². The summed E-state index contributed by atoms with van der Waals surface area (Å²) in [4.78, 5) is 8.16. The van der Waals surface area contributed by atoms with Crippen LogP contribution in [0.25, 0.3) is 0 Å². The van der Waals surface area contributed by atoms with E-state index in [0.29, 0.717) is 11.4 Å². The highest BCUT2D eigenvalue weighted by atomic mass is 35.5. The Balaban J connectivity index is 1.87. The Morgan fingerprint density at radius 1 is 1.35 bits per heavy atom. The van der Waals surface area contributed by atoms with Gasteiger partial charge in [-0.2, -0.15) is 10.1 Å². The molecular formula is C14H12ClFN6O. The lowest BCUT2D eigenvalue weighted by molar-refractivity contribution is 0.428. The third-order valence-electron chi connectivity index (χ3n) is 2.83. The quantitative estimate of drug-likeness (QED) is 0.712. The molecule has 0 amide bonds. The maximum Gasteiger partial charge on any atom is 0.243 e. The van der Waals surface area contributed by atoms with Crippen molar-refractivity contribution < 1.29 is 9.13 Å². The first kappa shape index (κ1) is 15.0. The maximum absolute atomic E-state index is 13.7. The Hall–Kier alpha value is -2.87. The number of nitrogens with one attached hydrogen (secondary N) is 1. The first-order valence-electron chi connectivity index (χ1n) is 6.52. The molecule has 9 heteroatoms. The van der Waals surface area contributed by atoms with Gasteiger partial charge in [-0.3, -0.25) is 4.68 Å². The molecule has 2 aromatic heterocycles. The van der Waals surface area contributed by atoms with Gasteiger partial charge in [-0.15, -0.1) is 0 Å². The van der Waals surface area contributed by atoms with E-state index in [9.17, 15) is 4.39 Å². The van der Waals surface area contributed by atoms with Gasteiger partial charge >= 0.3 is 0 Å². The molecule has 0 aliphatic rings. The van der Waals surface area contributed by atoms with Gasteiger partial charge in [0, 0.05) is 25.0 Å². The second-order valence-corrected chi connectivity index (χ2v) is 5.07. The predicted octanol–water partition coefficient (Wildman–Crippen LogP) is 3.12. The second-order valence-electron chi connectivity index (χ2n) is 4.67. The van der Waals surface area contributed by atoms with E-state index >= 15 is 0 Å². The van der Waals surface area contributed by atoms with Crippen molar-refractivity contribution in [2.45, 2.75) is 0 Å². The summed E-state index contributed by atoms with van der Waals surface area (Å²) in [7, 11) is 1.78. The average Bonchev–Trinajstić information content (AvgIpc) is 2.91. The van der Waals surface area contributed by atoms with Crippen molar-refractivity contribution in [1.82, 2.24) is 19.7 Å². The van der Waals surface area contributed by atoms with Crippen LogP contribution in [0, 0.1) is 5.82 Å². The average molecular weight is 335 g/mol. The first-order chi connectivity index (χ1) is 11.0. The number of benzene rings is 1. The Labute approximate surface area is 135 Å². The van der Waals surface area contributed by atoms with Crippen LogP contribution in [0.15, 0.2) is 36.8 Å². The van der Waals surface area contributed by atoms with E-state index in [1.807, 2.05) is 0 Å². The normalized spacial score (nSPS) is 10.6. The summed E-state index contributed by atoms with van der Waals surface area (Å²) in [5, 5.41) is 7.10. The van der Waals surface area contributed by atoms with E-state index < -0.39 is 5.82 Å². The molecule has 0 aliphatic carbocycles. The van der Waals surface area contributed by atoms with Crippen molar-refractivity contribution in [3.8, 4) is 11.6 Å². The van der Waals surface area contributed by atoms with Crippen molar-refractivity contribution in [3.63, 3.8) is 0 Å². The van der Waals surface area contributed by atoms with Gasteiger partial charge in [-0.05, 0) is 12.1 Å². The highest BCUT2D eigenvalue weighted by molar-refractivity contribution is 6.31. The molecule has 0 saturated heterocycles. The van der Waals surface area contributed by atoms with E-state index in [4.69, 9.17) is 22.1 Å². The van der Waals surface area contributed by atoms with Gasteiger partial charge in [0.2, 0.25) is 11.8 Å². The lowest BCUT2D eigenvalue weighted by atomic mass is 10.3. The Bertz CT molecular complexity index is 853. The van der Waals surface area contributed by atoms with Crippen LogP contribution in [-0.4, -0.2) is 19.7 Å². The van der Waals surface area contributed by atoms with Gasteiger partial charge in [0.25, 0.3) is 0 Å². The molecule has 0 bridgehead atoms. The summed E-state index contributed by atoms with van der Waals surface area (Å²) >= 11 is 6.00. The fourth-order valence-electron chi connectivity index (χ4n) is 1.80. The minimum atomic E-state index is -0.573. The molecule has 0 atom stereocenters. The molecule has 0 aliphatic heterocycles. The van der Waals surface area contributed by atoms with Crippen LogP contribution < -0.4 is 15.8 Å². The molecule has 0 spiro atoms. The Kier molecular flexibility index (Phi) is 3.98. The summed E-state index contributed by atoms with van der Waals surface area (Å²) < 4.78 is 20.8. The van der Waals surface area contributed by atoms with Crippen LogP contribution in [0.1, 0.15) is 0 Å². The third kappa shape index (κ3) is 3.49. The lowest BCUT2D eigenvalue weighted by Gasteiger charge is -2.09. The molecule has 23 heavy (non-hydrogen) atoms. The van der Waals surface area contributed by atoms with Crippen LogP contribution in [0.2, 0.25) is 5.02 Å². The molecule has 2 heterocycles. The number of nitrogens with two attached hydrogens (primary N) is 1. The Morgan fingerprint density at radius 3 is 2.91 bits per heavy atom. The van der Waals surface area contributed by atoms with Gasteiger partial charge in [0.1, 0.15) is 5.02 Å². The van der Waals surface area contributed by atoms with Crippen LogP contribution in [0.4, 0.5) is 21.7 Å². The fourth-order valence-corrected chi connectivity index (χ4v) is 1.93. The number of nitrogen functional groups attached to an aromatic ring is 1. The fraction of sp³-hybridized carbons (Fsp3) is 0.0714. The van der Waals surface area contributed by atoms with E-state index in [-0.39, 0.29) is 22.6 Å². The second kappa shape index (κ2) is 6.09. The molecule has 3 rings (SSSR count). The number of nitrogens with zero attached hydrogens (tertiary/aromatic N) is 4. The molecule has 3 N–H and O–H groups in total. The van der Waals surface area contributed by atoms with Crippen molar-refractivity contribution in [3.05, 3.63) is 47.6 Å². The zero-order valence-corrected chi connectivity index (χ0v) is 12.8. The van der Waals surface area contributed by atoms with Crippen molar-refractivity contribution in [1.29, 1.82) is 0 Å². The number of hydrogen-bond donors (Lipinski definition) is 2. The largest absolute Gasteiger partial charge is 0.434 e. The number of hydrogen-bond acceptors (Lipinski definition) is 6. The van der Waals surface area contributed by atoms with Gasteiger partial charge in [0.05, 0.1) is 18.1 Å². The topological polar surface area (TPSA) is 90.9 Å². The first-order valence-corrected chi connectivity index (χ1v) is 6.90. The van der Waals surface area contributed by atoms with Gasteiger partial charge < -0.3 is 15.8 Å². The van der Waals surface area contributed by atoms with Gasteiger partial charge in [-0.1, -0.05) is 11.6 Å².